The van der Waals surface area contributed by atoms with Crippen LogP contribution < -0.4 is 10.5 Å². The summed E-state index contributed by atoms with van der Waals surface area (Å²) in [5.41, 5.74) is 6.85. The highest BCUT2D eigenvalue weighted by Crippen LogP contribution is 2.42. The SMILES string of the molecule is CCC(N)c1cccc(S(=O)(=O)NCC2(SC)CCC2)c1. The van der Waals surface area contributed by atoms with Crippen LogP contribution in [0.5, 0.6) is 0 Å². The third-order valence-electron chi connectivity index (χ3n) is 4.32. The van der Waals surface area contributed by atoms with Crippen LogP contribution in [0.2, 0.25) is 0 Å². The first-order valence-corrected chi connectivity index (χ1v) is 10.0. The van der Waals surface area contributed by atoms with Crippen LogP contribution in [0.1, 0.15) is 44.2 Å². The smallest absolute Gasteiger partial charge is 0.240 e. The van der Waals surface area contributed by atoms with Gasteiger partial charge in [-0.2, -0.15) is 11.8 Å². The monoisotopic (exact) mass is 328 g/mol. The van der Waals surface area contributed by atoms with E-state index in [9.17, 15) is 8.42 Å². The van der Waals surface area contributed by atoms with Gasteiger partial charge in [0.15, 0.2) is 0 Å². The minimum absolute atomic E-state index is 0.0878. The molecule has 1 aromatic rings. The first-order valence-electron chi connectivity index (χ1n) is 7.33. The fourth-order valence-electron chi connectivity index (χ4n) is 2.48. The second-order valence-electron chi connectivity index (χ2n) is 5.65. The number of benzene rings is 1. The van der Waals surface area contributed by atoms with Gasteiger partial charge >= 0.3 is 0 Å². The summed E-state index contributed by atoms with van der Waals surface area (Å²) in [5.74, 6) is 0. The second-order valence-corrected chi connectivity index (χ2v) is 8.69. The van der Waals surface area contributed by atoms with E-state index in [1.807, 2.05) is 19.2 Å². The van der Waals surface area contributed by atoms with Crippen molar-refractivity contribution in [2.45, 2.75) is 48.3 Å². The van der Waals surface area contributed by atoms with E-state index in [1.165, 1.54) is 6.42 Å². The lowest BCUT2D eigenvalue weighted by molar-refractivity contribution is 0.362. The molecule has 2 rings (SSSR count). The minimum Gasteiger partial charge on any atom is -0.324 e. The Labute approximate surface area is 131 Å². The molecule has 0 radical (unpaired) electrons. The van der Waals surface area contributed by atoms with Gasteiger partial charge in [-0.1, -0.05) is 25.5 Å². The molecular formula is C15H24N2O2S2. The second kappa shape index (κ2) is 6.69. The van der Waals surface area contributed by atoms with Gasteiger partial charge in [0.05, 0.1) is 4.90 Å². The predicted octanol–water partition coefficient (Wildman–Crippen LogP) is 2.66. The van der Waals surface area contributed by atoms with Crippen molar-refractivity contribution in [3.05, 3.63) is 29.8 Å². The van der Waals surface area contributed by atoms with E-state index in [2.05, 4.69) is 4.72 Å². The van der Waals surface area contributed by atoms with Crippen molar-refractivity contribution in [2.24, 2.45) is 5.73 Å². The predicted molar refractivity (Wildman–Crippen MR) is 88.9 cm³/mol. The van der Waals surface area contributed by atoms with Gasteiger partial charge in [0, 0.05) is 17.3 Å². The number of sulfonamides is 1. The van der Waals surface area contributed by atoms with Gasteiger partial charge in [0.2, 0.25) is 10.0 Å². The van der Waals surface area contributed by atoms with Crippen molar-refractivity contribution < 1.29 is 8.42 Å². The molecule has 6 heteroatoms. The summed E-state index contributed by atoms with van der Waals surface area (Å²) in [5, 5.41) is 0. The molecule has 1 fully saturated rings. The van der Waals surface area contributed by atoms with Crippen molar-refractivity contribution in [2.75, 3.05) is 12.8 Å². The molecule has 1 aliphatic carbocycles. The number of thioether (sulfide) groups is 1. The number of rotatable bonds is 7. The lowest BCUT2D eigenvalue weighted by Crippen LogP contribution is -2.45. The highest BCUT2D eigenvalue weighted by molar-refractivity contribution is 8.00. The maximum absolute atomic E-state index is 12.4. The zero-order valence-electron chi connectivity index (χ0n) is 12.6. The minimum atomic E-state index is -3.46. The lowest BCUT2D eigenvalue weighted by Gasteiger charge is -2.40. The lowest BCUT2D eigenvalue weighted by atomic mass is 9.84. The van der Waals surface area contributed by atoms with Crippen LogP contribution in [0.4, 0.5) is 0 Å². The van der Waals surface area contributed by atoms with Crippen molar-refractivity contribution in [1.82, 2.24) is 4.72 Å². The Hall–Kier alpha value is -0.560. The van der Waals surface area contributed by atoms with Crippen LogP contribution in [-0.2, 0) is 10.0 Å². The quantitative estimate of drug-likeness (QED) is 0.807. The first kappa shape index (κ1) is 16.8. The molecule has 1 atom stereocenters. The number of hydrogen-bond acceptors (Lipinski definition) is 4. The summed E-state index contributed by atoms with van der Waals surface area (Å²) in [7, 11) is -3.46. The fourth-order valence-corrected chi connectivity index (χ4v) is 4.67. The largest absolute Gasteiger partial charge is 0.324 e. The van der Waals surface area contributed by atoms with Gasteiger partial charge < -0.3 is 5.73 Å². The molecule has 1 aromatic carbocycles. The molecule has 1 unspecified atom stereocenters. The Morgan fingerprint density at radius 2 is 2.14 bits per heavy atom. The molecule has 21 heavy (non-hydrogen) atoms. The summed E-state index contributed by atoms with van der Waals surface area (Å²) in [6.45, 7) is 2.49. The van der Waals surface area contributed by atoms with Crippen molar-refractivity contribution in [1.29, 1.82) is 0 Å². The summed E-state index contributed by atoms with van der Waals surface area (Å²) in [6, 6.07) is 6.82. The van der Waals surface area contributed by atoms with Gasteiger partial charge in [-0.25, -0.2) is 13.1 Å². The Bertz CT molecular complexity index is 578. The topological polar surface area (TPSA) is 72.2 Å². The third-order valence-corrected chi connectivity index (χ3v) is 7.14. The van der Waals surface area contributed by atoms with Gasteiger partial charge in [-0.3, -0.25) is 0 Å². The van der Waals surface area contributed by atoms with Crippen LogP contribution in [0.15, 0.2) is 29.2 Å². The molecule has 118 valence electrons. The maximum atomic E-state index is 12.4. The van der Waals surface area contributed by atoms with Gasteiger partial charge in [-0.15, -0.1) is 0 Å². The normalized spacial score (nSPS) is 19.0. The molecule has 0 heterocycles. The van der Waals surface area contributed by atoms with Crippen LogP contribution >= 0.6 is 11.8 Å². The van der Waals surface area contributed by atoms with E-state index in [1.54, 1.807) is 30.0 Å². The van der Waals surface area contributed by atoms with Crippen LogP contribution in [-0.4, -0.2) is 26.0 Å². The average molecular weight is 329 g/mol. The molecule has 0 saturated heterocycles. The summed E-state index contributed by atoms with van der Waals surface area (Å²) in [6.07, 6.45) is 6.18. The van der Waals surface area contributed by atoms with Gasteiger partial charge in [0.1, 0.15) is 0 Å². The van der Waals surface area contributed by atoms with Crippen LogP contribution in [0.25, 0.3) is 0 Å². The van der Waals surface area contributed by atoms with E-state index >= 15 is 0 Å². The van der Waals surface area contributed by atoms with Crippen molar-refractivity contribution >= 4 is 21.8 Å². The molecule has 3 N–H and O–H groups in total. The van der Waals surface area contributed by atoms with Crippen molar-refractivity contribution in [3.8, 4) is 0 Å². The molecule has 0 amide bonds. The highest BCUT2D eigenvalue weighted by atomic mass is 32.2. The van der Waals surface area contributed by atoms with Crippen molar-refractivity contribution in [3.63, 3.8) is 0 Å². The van der Waals surface area contributed by atoms with Gasteiger partial charge in [-0.05, 0) is 43.2 Å². The Kier molecular flexibility index (Phi) is 5.35. The molecule has 1 saturated carbocycles. The fraction of sp³-hybridized carbons (Fsp3) is 0.600. The molecule has 4 nitrogen and oxygen atoms in total. The molecule has 0 aromatic heterocycles. The molecule has 1 aliphatic rings. The zero-order valence-corrected chi connectivity index (χ0v) is 14.3. The van der Waals surface area contributed by atoms with E-state index in [-0.39, 0.29) is 10.8 Å². The number of hydrogen-bond donors (Lipinski definition) is 2. The number of nitrogens with one attached hydrogen (secondary N) is 1. The third kappa shape index (κ3) is 3.80. The Morgan fingerprint density at radius 1 is 1.43 bits per heavy atom. The number of nitrogens with two attached hydrogens (primary N) is 1. The van der Waals surface area contributed by atoms with E-state index in [4.69, 9.17) is 5.73 Å². The van der Waals surface area contributed by atoms with E-state index < -0.39 is 10.0 Å². The first-order chi connectivity index (χ1) is 9.92. The average Bonchev–Trinajstić information content (AvgIpc) is 2.46. The van der Waals surface area contributed by atoms with Gasteiger partial charge in [0.25, 0.3) is 0 Å². The Balaban J connectivity index is 2.12. The summed E-state index contributed by atoms with van der Waals surface area (Å²) < 4.78 is 27.7. The summed E-state index contributed by atoms with van der Waals surface area (Å²) >= 11 is 1.76. The molecular weight excluding hydrogens is 304 g/mol. The standard InChI is InChI=1S/C15H24N2O2S2/c1-3-14(16)12-6-4-7-13(10-12)21(18,19)17-11-15(20-2)8-5-9-15/h4,6-7,10,14,17H,3,5,8-9,11,16H2,1-2H3. The molecule has 0 spiro atoms. The summed E-state index contributed by atoms with van der Waals surface area (Å²) in [4.78, 5) is 0.305. The maximum Gasteiger partial charge on any atom is 0.240 e. The Morgan fingerprint density at radius 3 is 2.67 bits per heavy atom. The van der Waals surface area contributed by atoms with Crippen LogP contribution in [0, 0.1) is 0 Å². The molecule has 0 aliphatic heterocycles. The highest BCUT2D eigenvalue weighted by Gasteiger charge is 2.37. The molecule has 0 bridgehead atoms. The van der Waals surface area contributed by atoms with E-state index in [0.29, 0.717) is 11.4 Å². The van der Waals surface area contributed by atoms with Crippen LogP contribution in [0.3, 0.4) is 0 Å². The zero-order chi connectivity index (χ0) is 15.5. The van der Waals surface area contributed by atoms with E-state index in [0.717, 1.165) is 24.8 Å².